The van der Waals surface area contributed by atoms with Crippen LogP contribution in [0.3, 0.4) is 0 Å². The van der Waals surface area contributed by atoms with Gasteiger partial charge in [0.15, 0.2) is 5.96 Å². The van der Waals surface area contributed by atoms with Gasteiger partial charge in [-0.2, -0.15) is 13.9 Å². The lowest BCUT2D eigenvalue weighted by Gasteiger charge is -2.25. The number of nitrogens with one attached hydrogen (secondary N) is 2. The van der Waals surface area contributed by atoms with Crippen LogP contribution in [0.25, 0.3) is 0 Å². The third-order valence-electron chi connectivity index (χ3n) is 4.34. The first-order valence-corrected chi connectivity index (χ1v) is 9.13. The zero-order chi connectivity index (χ0) is 20.1. The lowest BCUT2D eigenvalue weighted by atomic mass is 10.1. The van der Waals surface area contributed by atoms with Crippen molar-refractivity contribution in [3.05, 3.63) is 41.2 Å². The van der Waals surface area contributed by atoms with Gasteiger partial charge in [-0.15, -0.1) is 24.0 Å². The van der Waals surface area contributed by atoms with E-state index in [9.17, 15) is 13.2 Å². The van der Waals surface area contributed by atoms with Crippen LogP contribution in [0.2, 0.25) is 0 Å². The molecule has 1 aromatic carbocycles. The molecule has 0 spiro atoms. The smallest absolute Gasteiger partial charge is 0.387 e. The molecule has 0 amide bonds. The van der Waals surface area contributed by atoms with Crippen molar-refractivity contribution in [2.45, 2.75) is 52.4 Å². The maximum atomic E-state index is 14.1. The van der Waals surface area contributed by atoms with Crippen molar-refractivity contribution in [1.82, 2.24) is 25.4 Å². The first-order chi connectivity index (χ1) is 13.5. The predicted molar refractivity (Wildman–Crippen MR) is 113 cm³/mol. The van der Waals surface area contributed by atoms with E-state index in [0.717, 1.165) is 24.5 Å². The number of rotatable bonds is 6. The summed E-state index contributed by atoms with van der Waals surface area (Å²) in [6, 6.07) is 3.89. The van der Waals surface area contributed by atoms with Gasteiger partial charge >= 0.3 is 6.61 Å². The lowest BCUT2D eigenvalue weighted by molar-refractivity contribution is -0.0506. The molecular formula is C18H24F3IN6O. The Bertz CT molecular complexity index is 845. The van der Waals surface area contributed by atoms with E-state index in [1.54, 1.807) is 0 Å². The summed E-state index contributed by atoms with van der Waals surface area (Å²) in [5.41, 5.74) is -0.0159. The number of halogens is 4. The number of aryl methyl sites for hydroxylation is 2. The molecule has 0 bridgehead atoms. The Hall–Kier alpha value is -2.05. The predicted octanol–water partition coefficient (Wildman–Crippen LogP) is 3.02. The molecule has 29 heavy (non-hydrogen) atoms. The van der Waals surface area contributed by atoms with Gasteiger partial charge in [0.25, 0.3) is 0 Å². The molecule has 2 heterocycles. The summed E-state index contributed by atoms with van der Waals surface area (Å²) >= 11 is 0. The van der Waals surface area contributed by atoms with Crippen LogP contribution in [0.5, 0.6) is 5.75 Å². The van der Waals surface area contributed by atoms with E-state index < -0.39 is 12.4 Å². The Morgan fingerprint density at radius 2 is 2.21 bits per heavy atom. The van der Waals surface area contributed by atoms with Crippen molar-refractivity contribution < 1.29 is 17.9 Å². The Balaban J connectivity index is 0.00000300. The number of hydrogen-bond acceptors (Lipinski definition) is 4. The third kappa shape index (κ3) is 6.21. The van der Waals surface area contributed by atoms with Crippen molar-refractivity contribution in [1.29, 1.82) is 0 Å². The minimum atomic E-state index is -3.03. The summed E-state index contributed by atoms with van der Waals surface area (Å²) in [6.07, 6.45) is 1.64. The van der Waals surface area contributed by atoms with Gasteiger partial charge in [-0.1, -0.05) is 6.07 Å². The fraction of sp³-hybridized carbons (Fsp3) is 0.500. The van der Waals surface area contributed by atoms with Crippen LogP contribution in [0, 0.1) is 12.7 Å². The monoisotopic (exact) mass is 524 g/mol. The van der Waals surface area contributed by atoms with Crippen LogP contribution in [-0.4, -0.2) is 39.9 Å². The summed E-state index contributed by atoms with van der Waals surface area (Å²) in [7, 11) is 0. The number of fused-ring (bicyclic) bond motifs is 1. The number of ether oxygens (including phenoxy) is 1. The Morgan fingerprint density at radius 1 is 1.41 bits per heavy atom. The molecule has 0 aliphatic carbocycles. The Kier molecular flexibility index (Phi) is 8.53. The zero-order valence-electron chi connectivity index (χ0n) is 16.2. The number of guanidine groups is 1. The lowest BCUT2D eigenvalue weighted by Crippen LogP contribution is -2.47. The zero-order valence-corrected chi connectivity index (χ0v) is 18.5. The number of hydrogen-bond donors (Lipinski definition) is 2. The van der Waals surface area contributed by atoms with E-state index in [0.29, 0.717) is 19.0 Å². The van der Waals surface area contributed by atoms with E-state index in [4.69, 9.17) is 0 Å². The standard InChI is InChI=1S/C18H23F3N6O.HI/c1-3-22-18(25-12-7-8-16-24-11(2)26-27(16)10-12)23-9-13-14(19)5-4-6-15(13)28-17(20)21;/h4-6,12,17H,3,7-10H2,1-2H3,(H2,22,23,25);1H. The molecule has 2 N–H and O–H groups in total. The molecule has 7 nitrogen and oxygen atoms in total. The normalized spacial score (nSPS) is 16.2. The van der Waals surface area contributed by atoms with E-state index in [1.807, 2.05) is 18.5 Å². The van der Waals surface area contributed by atoms with Crippen LogP contribution in [0.4, 0.5) is 13.2 Å². The summed E-state index contributed by atoms with van der Waals surface area (Å²) in [6.45, 7) is 1.84. The molecule has 160 valence electrons. The van der Waals surface area contributed by atoms with Gasteiger partial charge in [0.05, 0.1) is 18.7 Å². The first-order valence-electron chi connectivity index (χ1n) is 9.13. The van der Waals surface area contributed by atoms with Crippen molar-refractivity contribution in [2.75, 3.05) is 6.54 Å². The quantitative estimate of drug-likeness (QED) is 0.346. The van der Waals surface area contributed by atoms with Crippen LogP contribution in [-0.2, 0) is 19.5 Å². The average Bonchev–Trinajstić information content (AvgIpc) is 3.00. The number of benzene rings is 1. The van der Waals surface area contributed by atoms with E-state index in [2.05, 4.69) is 30.4 Å². The molecule has 0 saturated heterocycles. The van der Waals surface area contributed by atoms with Gasteiger partial charge < -0.3 is 15.4 Å². The second kappa shape index (κ2) is 10.6. The highest BCUT2D eigenvalue weighted by Crippen LogP contribution is 2.24. The molecule has 1 aliphatic heterocycles. The van der Waals surface area contributed by atoms with Crippen LogP contribution < -0.4 is 15.4 Å². The second-order valence-corrected chi connectivity index (χ2v) is 6.43. The summed E-state index contributed by atoms with van der Waals surface area (Å²) in [5, 5.41) is 10.8. The molecule has 1 aliphatic rings. The average molecular weight is 524 g/mol. The molecule has 2 aromatic rings. The van der Waals surface area contributed by atoms with E-state index >= 15 is 0 Å². The van der Waals surface area contributed by atoms with Gasteiger partial charge in [0, 0.05) is 19.0 Å². The molecule has 0 saturated carbocycles. The van der Waals surface area contributed by atoms with Crippen molar-refractivity contribution in [3.8, 4) is 5.75 Å². The summed E-state index contributed by atoms with van der Waals surface area (Å²) in [5.74, 6) is 1.31. The molecular weight excluding hydrogens is 500 g/mol. The Labute approximate surface area is 184 Å². The van der Waals surface area contributed by atoms with Gasteiger partial charge in [0.1, 0.15) is 23.2 Å². The van der Waals surface area contributed by atoms with Gasteiger partial charge in [-0.05, 0) is 32.4 Å². The van der Waals surface area contributed by atoms with Crippen molar-refractivity contribution in [2.24, 2.45) is 4.99 Å². The molecule has 1 aromatic heterocycles. The topological polar surface area (TPSA) is 76.4 Å². The molecule has 0 fully saturated rings. The molecule has 11 heteroatoms. The Morgan fingerprint density at radius 3 is 2.93 bits per heavy atom. The highest BCUT2D eigenvalue weighted by Gasteiger charge is 2.22. The molecule has 3 rings (SSSR count). The number of alkyl halides is 2. The van der Waals surface area contributed by atoms with Crippen molar-refractivity contribution >= 4 is 29.9 Å². The molecule has 1 atom stereocenters. The summed E-state index contributed by atoms with van der Waals surface area (Å²) < 4.78 is 45.5. The van der Waals surface area contributed by atoms with Crippen molar-refractivity contribution in [3.63, 3.8) is 0 Å². The second-order valence-electron chi connectivity index (χ2n) is 6.43. The number of aliphatic imine (C=N–C) groups is 1. The highest BCUT2D eigenvalue weighted by atomic mass is 127. The van der Waals surface area contributed by atoms with Gasteiger partial charge in [-0.3, -0.25) is 0 Å². The maximum absolute atomic E-state index is 14.1. The minimum absolute atomic E-state index is 0. The summed E-state index contributed by atoms with van der Waals surface area (Å²) in [4.78, 5) is 8.73. The largest absolute Gasteiger partial charge is 0.434 e. The third-order valence-corrected chi connectivity index (χ3v) is 4.34. The number of nitrogens with zero attached hydrogens (tertiary/aromatic N) is 4. The van der Waals surface area contributed by atoms with Crippen LogP contribution in [0.15, 0.2) is 23.2 Å². The van der Waals surface area contributed by atoms with Gasteiger partial charge in [-0.25, -0.2) is 19.0 Å². The fourth-order valence-electron chi connectivity index (χ4n) is 3.12. The first kappa shape index (κ1) is 23.2. The molecule has 1 unspecified atom stereocenters. The molecule has 0 radical (unpaired) electrons. The van der Waals surface area contributed by atoms with Crippen LogP contribution in [0.1, 0.15) is 30.6 Å². The maximum Gasteiger partial charge on any atom is 0.387 e. The number of aromatic nitrogens is 3. The van der Waals surface area contributed by atoms with E-state index in [-0.39, 0.29) is 47.9 Å². The minimum Gasteiger partial charge on any atom is -0.434 e. The van der Waals surface area contributed by atoms with Gasteiger partial charge in [0.2, 0.25) is 0 Å². The highest BCUT2D eigenvalue weighted by molar-refractivity contribution is 14.0. The van der Waals surface area contributed by atoms with E-state index in [1.165, 1.54) is 18.2 Å². The van der Waals surface area contributed by atoms with Crippen LogP contribution >= 0.6 is 24.0 Å². The SMILES string of the molecule is CCNC(=NCc1c(F)cccc1OC(F)F)NC1CCc2nc(C)nn2C1.I. The fourth-order valence-corrected chi connectivity index (χ4v) is 3.12.